The standard InChI is InChI=1S/C9H11F3O5S/c1-5-7(6(4-13)8(2,3)16-5)17-18(14,15)9(10,11)12/h4-5H,1-3H3. The van der Waals surface area contributed by atoms with Gasteiger partial charge in [0.15, 0.2) is 12.0 Å². The monoisotopic (exact) mass is 288 g/mol. The number of ether oxygens (including phenoxy) is 1. The molecule has 0 fully saturated rings. The fourth-order valence-electron chi connectivity index (χ4n) is 1.55. The Kier molecular flexibility index (Phi) is 3.52. The second-order valence-corrected chi connectivity index (χ2v) is 5.69. The van der Waals surface area contributed by atoms with Crippen LogP contribution in [0.15, 0.2) is 11.3 Å². The largest absolute Gasteiger partial charge is 0.534 e. The van der Waals surface area contributed by atoms with Crippen LogP contribution in [0.4, 0.5) is 13.2 Å². The molecule has 9 heteroatoms. The quantitative estimate of drug-likeness (QED) is 0.447. The van der Waals surface area contributed by atoms with Crippen molar-refractivity contribution in [2.45, 2.75) is 38.0 Å². The molecule has 1 unspecified atom stereocenters. The van der Waals surface area contributed by atoms with E-state index in [1.165, 1.54) is 20.8 Å². The molecule has 1 rings (SSSR count). The second-order valence-electron chi connectivity index (χ2n) is 4.15. The van der Waals surface area contributed by atoms with E-state index < -0.39 is 33.1 Å². The summed E-state index contributed by atoms with van der Waals surface area (Å²) in [6.45, 7) is 4.13. The molecule has 1 aliphatic rings. The Morgan fingerprint density at radius 3 is 2.28 bits per heavy atom. The van der Waals surface area contributed by atoms with Crippen LogP contribution in [0.25, 0.3) is 0 Å². The van der Waals surface area contributed by atoms with Gasteiger partial charge in [0.05, 0.1) is 11.2 Å². The number of carbonyl (C=O) groups is 1. The maximum Gasteiger partial charge on any atom is 0.534 e. The molecule has 0 N–H and O–H groups in total. The molecule has 18 heavy (non-hydrogen) atoms. The highest BCUT2D eigenvalue weighted by Gasteiger charge is 2.51. The van der Waals surface area contributed by atoms with Crippen molar-refractivity contribution in [1.29, 1.82) is 0 Å². The van der Waals surface area contributed by atoms with Crippen molar-refractivity contribution >= 4 is 16.4 Å². The topological polar surface area (TPSA) is 69.7 Å². The normalized spacial score (nSPS) is 24.2. The Labute approximate surface area is 102 Å². The molecule has 0 amide bonds. The molecule has 0 radical (unpaired) electrons. The van der Waals surface area contributed by atoms with Crippen molar-refractivity contribution in [2.75, 3.05) is 0 Å². The molecule has 1 aliphatic heterocycles. The lowest BCUT2D eigenvalue weighted by molar-refractivity contribution is -0.106. The molecular formula is C9H11F3O5S. The van der Waals surface area contributed by atoms with Crippen molar-refractivity contribution in [3.05, 3.63) is 11.3 Å². The van der Waals surface area contributed by atoms with Gasteiger partial charge in [-0.05, 0) is 20.8 Å². The van der Waals surface area contributed by atoms with Crippen LogP contribution < -0.4 is 0 Å². The Hall–Kier alpha value is -1.09. The van der Waals surface area contributed by atoms with Gasteiger partial charge in [0.1, 0.15) is 6.10 Å². The van der Waals surface area contributed by atoms with Crippen LogP contribution in [0.2, 0.25) is 0 Å². The third-order valence-electron chi connectivity index (χ3n) is 2.36. The third-order valence-corrected chi connectivity index (χ3v) is 3.32. The number of aldehydes is 1. The van der Waals surface area contributed by atoms with Crippen LogP contribution in [0, 0.1) is 0 Å². The van der Waals surface area contributed by atoms with Crippen LogP contribution >= 0.6 is 0 Å². The number of carbonyl (C=O) groups excluding carboxylic acids is 1. The SMILES string of the molecule is CC1OC(C)(C)C(C=O)=C1OS(=O)(=O)C(F)(F)F. The minimum Gasteiger partial charge on any atom is -0.377 e. The summed E-state index contributed by atoms with van der Waals surface area (Å²) in [6.07, 6.45) is -0.831. The first-order valence-corrected chi connectivity index (χ1v) is 6.21. The van der Waals surface area contributed by atoms with Gasteiger partial charge in [0.25, 0.3) is 0 Å². The van der Waals surface area contributed by atoms with Gasteiger partial charge < -0.3 is 8.92 Å². The average molecular weight is 288 g/mol. The Morgan fingerprint density at radius 1 is 1.39 bits per heavy atom. The van der Waals surface area contributed by atoms with E-state index in [1.807, 2.05) is 0 Å². The molecule has 0 saturated carbocycles. The first-order valence-electron chi connectivity index (χ1n) is 4.81. The van der Waals surface area contributed by atoms with E-state index in [4.69, 9.17) is 4.74 Å². The van der Waals surface area contributed by atoms with Crippen molar-refractivity contribution in [3.63, 3.8) is 0 Å². The summed E-state index contributed by atoms with van der Waals surface area (Å²) < 4.78 is 67.4. The molecular weight excluding hydrogens is 277 g/mol. The van der Waals surface area contributed by atoms with Gasteiger partial charge in [-0.2, -0.15) is 21.6 Å². The molecule has 5 nitrogen and oxygen atoms in total. The molecule has 1 heterocycles. The van der Waals surface area contributed by atoms with E-state index in [9.17, 15) is 26.4 Å². The van der Waals surface area contributed by atoms with E-state index in [-0.39, 0.29) is 11.9 Å². The highest BCUT2D eigenvalue weighted by Crippen LogP contribution is 2.38. The molecule has 1 atom stereocenters. The minimum atomic E-state index is -5.80. The van der Waals surface area contributed by atoms with E-state index >= 15 is 0 Å². The maximum atomic E-state index is 12.2. The maximum absolute atomic E-state index is 12.2. The summed E-state index contributed by atoms with van der Waals surface area (Å²) >= 11 is 0. The van der Waals surface area contributed by atoms with Crippen LogP contribution in [0.1, 0.15) is 20.8 Å². The Bertz CT molecular complexity index is 489. The van der Waals surface area contributed by atoms with Crippen molar-refractivity contribution in [2.24, 2.45) is 0 Å². The summed E-state index contributed by atoms with van der Waals surface area (Å²) in [5, 5.41) is 0. The Balaban J connectivity index is 3.22. The fraction of sp³-hybridized carbons (Fsp3) is 0.667. The zero-order chi connectivity index (χ0) is 14.4. The first kappa shape index (κ1) is 15.0. The van der Waals surface area contributed by atoms with Gasteiger partial charge in [-0.3, -0.25) is 4.79 Å². The van der Waals surface area contributed by atoms with Crippen LogP contribution in [-0.2, 0) is 23.8 Å². The molecule has 0 aromatic heterocycles. The molecule has 0 spiro atoms. The average Bonchev–Trinajstić information content (AvgIpc) is 2.33. The molecule has 0 saturated heterocycles. The van der Waals surface area contributed by atoms with Gasteiger partial charge in [-0.25, -0.2) is 0 Å². The molecule has 0 aromatic carbocycles. The van der Waals surface area contributed by atoms with E-state index in [2.05, 4.69) is 4.18 Å². The van der Waals surface area contributed by atoms with Gasteiger partial charge >= 0.3 is 15.6 Å². The number of halogens is 3. The summed E-state index contributed by atoms with van der Waals surface area (Å²) in [5.41, 5.74) is -7.01. The van der Waals surface area contributed by atoms with Crippen molar-refractivity contribution < 1.29 is 35.3 Å². The van der Waals surface area contributed by atoms with Crippen LogP contribution in [0.3, 0.4) is 0 Å². The zero-order valence-corrected chi connectivity index (χ0v) is 10.6. The summed E-state index contributed by atoms with van der Waals surface area (Å²) in [7, 11) is -5.80. The lowest BCUT2D eigenvalue weighted by atomic mass is 10.0. The lowest BCUT2D eigenvalue weighted by Crippen LogP contribution is -2.27. The molecule has 0 bridgehead atoms. The van der Waals surface area contributed by atoms with Crippen molar-refractivity contribution in [1.82, 2.24) is 0 Å². The Morgan fingerprint density at radius 2 is 1.89 bits per heavy atom. The molecule has 0 aromatic rings. The van der Waals surface area contributed by atoms with Crippen LogP contribution in [-0.4, -0.2) is 31.9 Å². The first-order chi connectivity index (χ1) is 7.92. The van der Waals surface area contributed by atoms with E-state index in [0.717, 1.165) is 0 Å². The number of hydrogen-bond acceptors (Lipinski definition) is 5. The summed E-state index contributed by atoms with van der Waals surface area (Å²) in [4.78, 5) is 10.8. The second kappa shape index (κ2) is 4.23. The predicted molar refractivity (Wildman–Crippen MR) is 53.8 cm³/mol. The minimum absolute atomic E-state index is 0.227. The van der Waals surface area contributed by atoms with Gasteiger partial charge in [0, 0.05) is 0 Å². The van der Waals surface area contributed by atoms with Gasteiger partial charge in [0.2, 0.25) is 0 Å². The summed E-state index contributed by atoms with van der Waals surface area (Å²) in [6, 6.07) is 0. The van der Waals surface area contributed by atoms with Gasteiger partial charge in [-0.1, -0.05) is 0 Å². The highest BCUT2D eigenvalue weighted by atomic mass is 32.2. The number of alkyl halides is 3. The molecule has 0 aliphatic carbocycles. The highest BCUT2D eigenvalue weighted by molar-refractivity contribution is 7.87. The summed E-state index contributed by atoms with van der Waals surface area (Å²) in [5.74, 6) is -0.632. The third kappa shape index (κ3) is 2.51. The number of rotatable bonds is 3. The van der Waals surface area contributed by atoms with Crippen molar-refractivity contribution in [3.8, 4) is 0 Å². The van der Waals surface area contributed by atoms with E-state index in [0.29, 0.717) is 0 Å². The zero-order valence-electron chi connectivity index (χ0n) is 9.74. The smallest absolute Gasteiger partial charge is 0.377 e. The van der Waals surface area contributed by atoms with Gasteiger partial charge in [-0.15, -0.1) is 0 Å². The lowest BCUT2D eigenvalue weighted by Gasteiger charge is -2.18. The van der Waals surface area contributed by atoms with E-state index in [1.54, 1.807) is 0 Å². The number of hydrogen-bond donors (Lipinski definition) is 0. The molecule has 104 valence electrons. The van der Waals surface area contributed by atoms with Crippen LogP contribution in [0.5, 0.6) is 0 Å². The fourth-order valence-corrected chi connectivity index (χ4v) is 2.11. The predicted octanol–water partition coefficient (Wildman–Crippen LogP) is 1.50.